The molecule has 0 spiro atoms. The Morgan fingerprint density at radius 1 is 1.21 bits per heavy atom. The summed E-state index contributed by atoms with van der Waals surface area (Å²) in [5.74, 6) is -0.992. The molecule has 2 heterocycles. The Balaban J connectivity index is 1.87. The Morgan fingerprint density at radius 3 is 2.42 bits per heavy atom. The fraction of sp³-hybridized carbons (Fsp3) is 0.500. The van der Waals surface area contributed by atoms with E-state index in [1.165, 1.54) is 12.1 Å². The summed E-state index contributed by atoms with van der Waals surface area (Å²) in [5, 5.41) is 3.16. The van der Waals surface area contributed by atoms with Crippen molar-refractivity contribution in [2.45, 2.75) is 18.8 Å². The highest BCUT2D eigenvalue weighted by Gasteiger charge is 2.28. The molecule has 0 radical (unpaired) electrons. The maximum absolute atomic E-state index is 14.1. The zero-order valence-electron chi connectivity index (χ0n) is 10.6. The van der Waals surface area contributed by atoms with Crippen molar-refractivity contribution in [1.82, 2.24) is 5.32 Å². The summed E-state index contributed by atoms with van der Waals surface area (Å²) >= 11 is 0. The molecule has 0 bridgehead atoms. The molecule has 102 valence electrons. The largest absolute Gasteiger partial charge is 0.357 e. The van der Waals surface area contributed by atoms with Gasteiger partial charge in [0.15, 0.2) is 5.78 Å². The highest BCUT2D eigenvalue weighted by Crippen LogP contribution is 2.32. The minimum Gasteiger partial charge on any atom is -0.357 e. The van der Waals surface area contributed by atoms with Crippen molar-refractivity contribution in [2.75, 3.05) is 31.1 Å². The van der Waals surface area contributed by atoms with Crippen LogP contribution in [0.3, 0.4) is 0 Å². The summed E-state index contributed by atoms with van der Waals surface area (Å²) in [6, 6.07) is 2.69. The number of nitrogens with zero attached hydrogens (tertiary/aromatic N) is 1. The number of piperidine rings is 1. The van der Waals surface area contributed by atoms with Crippen molar-refractivity contribution in [2.24, 2.45) is 0 Å². The monoisotopic (exact) mass is 266 g/mol. The van der Waals surface area contributed by atoms with Crippen molar-refractivity contribution in [3.05, 3.63) is 29.3 Å². The lowest BCUT2D eigenvalue weighted by atomic mass is 9.90. The average Bonchev–Trinajstić information content (AvgIpc) is 2.35. The van der Waals surface area contributed by atoms with Crippen LogP contribution in [0, 0.1) is 11.6 Å². The first-order valence-corrected chi connectivity index (χ1v) is 6.61. The molecule has 1 aromatic rings. The van der Waals surface area contributed by atoms with Crippen LogP contribution < -0.4 is 10.2 Å². The van der Waals surface area contributed by atoms with Gasteiger partial charge < -0.3 is 10.2 Å². The molecule has 1 N–H and O–H groups in total. The first-order chi connectivity index (χ1) is 9.15. The van der Waals surface area contributed by atoms with E-state index in [1.54, 1.807) is 4.90 Å². The Hall–Kier alpha value is -1.49. The van der Waals surface area contributed by atoms with Crippen molar-refractivity contribution < 1.29 is 13.6 Å². The number of rotatable bonds is 2. The fourth-order valence-corrected chi connectivity index (χ4v) is 2.80. The normalized spacial score (nSPS) is 23.4. The quantitative estimate of drug-likeness (QED) is 0.886. The van der Waals surface area contributed by atoms with Gasteiger partial charge in [0.2, 0.25) is 0 Å². The predicted octanol–water partition coefficient (Wildman–Crippen LogP) is 1.82. The van der Waals surface area contributed by atoms with Gasteiger partial charge in [-0.3, -0.25) is 4.79 Å². The molecule has 0 unspecified atom stereocenters. The molecule has 0 saturated carbocycles. The Kier molecular flexibility index (Phi) is 3.22. The molecule has 0 amide bonds. The summed E-state index contributed by atoms with van der Waals surface area (Å²) in [6.07, 6.45) is 1.74. The third-order valence-corrected chi connectivity index (χ3v) is 3.87. The van der Waals surface area contributed by atoms with E-state index < -0.39 is 11.6 Å². The number of hydrogen-bond acceptors (Lipinski definition) is 3. The van der Waals surface area contributed by atoms with Crippen molar-refractivity contribution in [1.29, 1.82) is 0 Å². The van der Waals surface area contributed by atoms with Gasteiger partial charge in [0.05, 0.1) is 13.1 Å². The molecule has 2 saturated heterocycles. The molecule has 5 heteroatoms. The summed E-state index contributed by atoms with van der Waals surface area (Å²) < 4.78 is 28.3. The number of carbonyl (C=O) groups excluding carboxylic acids is 1. The number of anilines is 1. The van der Waals surface area contributed by atoms with Gasteiger partial charge in [-0.05, 0) is 31.5 Å². The van der Waals surface area contributed by atoms with Gasteiger partial charge in [0.25, 0.3) is 0 Å². The lowest BCUT2D eigenvalue weighted by Crippen LogP contribution is -2.47. The van der Waals surface area contributed by atoms with E-state index in [0.29, 0.717) is 12.2 Å². The molecule has 1 aromatic carbocycles. The number of hydrogen-bond donors (Lipinski definition) is 1. The van der Waals surface area contributed by atoms with Crippen molar-refractivity contribution in [3.63, 3.8) is 0 Å². The molecule has 3 nitrogen and oxygen atoms in total. The Labute approximate surface area is 110 Å². The van der Waals surface area contributed by atoms with Gasteiger partial charge in [0.1, 0.15) is 11.6 Å². The van der Waals surface area contributed by atoms with E-state index in [4.69, 9.17) is 0 Å². The molecule has 2 aliphatic heterocycles. The standard InChI is InChI=1S/C14H16F2N2O/c15-12-4-10(18-7-11(19)8-18)5-13(16)14(12)9-2-1-3-17-6-9/h4-5,9,17H,1-3,6-8H2/t9-/m0/s1. The minimum absolute atomic E-state index is 0.0965. The Morgan fingerprint density at radius 2 is 1.89 bits per heavy atom. The van der Waals surface area contributed by atoms with Gasteiger partial charge in [-0.1, -0.05) is 0 Å². The van der Waals surface area contributed by atoms with Gasteiger partial charge in [-0.25, -0.2) is 8.78 Å². The zero-order valence-corrected chi connectivity index (χ0v) is 10.6. The molecule has 2 fully saturated rings. The number of Topliss-reactive ketones (excluding diaryl/α,β-unsaturated/α-hetero) is 1. The van der Waals surface area contributed by atoms with E-state index in [9.17, 15) is 13.6 Å². The third kappa shape index (κ3) is 2.34. The molecular formula is C14H16F2N2O. The predicted molar refractivity (Wildman–Crippen MR) is 68.4 cm³/mol. The number of benzene rings is 1. The van der Waals surface area contributed by atoms with Crippen LogP contribution in [0.1, 0.15) is 24.3 Å². The zero-order chi connectivity index (χ0) is 13.4. The minimum atomic E-state index is -0.497. The molecule has 1 atom stereocenters. The summed E-state index contributed by atoms with van der Waals surface area (Å²) in [6.45, 7) is 2.04. The molecule has 0 aromatic heterocycles. The van der Waals surface area contributed by atoms with Crippen LogP contribution >= 0.6 is 0 Å². The van der Waals surface area contributed by atoms with E-state index in [-0.39, 0.29) is 30.4 Å². The Bertz CT molecular complexity index is 481. The number of ketones is 1. The van der Waals surface area contributed by atoms with Crippen LogP contribution in [0.15, 0.2) is 12.1 Å². The SMILES string of the molecule is O=C1CN(c2cc(F)c([C@H]3CCCNC3)c(F)c2)C1. The number of halogens is 2. The molecule has 0 aliphatic carbocycles. The second-order valence-electron chi connectivity index (χ2n) is 5.26. The average molecular weight is 266 g/mol. The van der Waals surface area contributed by atoms with Crippen molar-refractivity contribution in [3.8, 4) is 0 Å². The maximum atomic E-state index is 14.1. The number of carbonyl (C=O) groups is 1. The van der Waals surface area contributed by atoms with Crippen LogP contribution in [0.25, 0.3) is 0 Å². The molecular weight excluding hydrogens is 250 g/mol. The van der Waals surface area contributed by atoms with Crippen molar-refractivity contribution >= 4 is 11.5 Å². The lowest BCUT2D eigenvalue weighted by Gasteiger charge is -2.32. The molecule has 19 heavy (non-hydrogen) atoms. The highest BCUT2D eigenvalue weighted by atomic mass is 19.1. The molecule has 2 aliphatic rings. The first-order valence-electron chi connectivity index (χ1n) is 6.61. The second-order valence-corrected chi connectivity index (χ2v) is 5.26. The van der Waals surface area contributed by atoms with E-state index in [0.717, 1.165) is 19.4 Å². The van der Waals surface area contributed by atoms with Gasteiger partial charge in [-0.15, -0.1) is 0 Å². The maximum Gasteiger partial charge on any atom is 0.171 e. The van der Waals surface area contributed by atoms with Gasteiger partial charge in [0, 0.05) is 23.7 Å². The first kappa shape index (κ1) is 12.5. The van der Waals surface area contributed by atoms with E-state index in [1.807, 2.05) is 0 Å². The van der Waals surface area contributed by atoms with Gasteiger partial charge in [-0.2, -0.15) is 0 Å². The smallest absolute Gasteiger partial charge is 0.171 e. The van der Waals surface area contributed by atoms with Crippen LogP contribution in [0.2, 0.25) is 0 Å². The topological polar surface area (TPSA) is 32.3 Å². The summed E-state index contributed by atoms with van der Waals surface area (Å²) in [4.78, 5) is 12.6. The highest BCUT2D eigenvalue weighted by molar-refractivity contribution is 5.95. The third-order valence-electron chi connectivity index (χ3n) is 3.87. The van der Waals surface area contributed by atoms with Crippen LogP contribution in [-0.2, 0) is 4.79 Å². The van der Waals surface area contributed by atoms with Gasteiger partial charge >= 0.3 is 0 Å². The summed E-state index contributed by atoms with van der Waals surface area (Å²) in [7, 11) is 0. The molecule has 3 rings (SSSR count). The fourth-order valence-electron chi connectivity index (χ4n) is 2.80. The second kappa shape index (κ2) is 4.89. The summed E-state index contributed by atoms with van der Waals surface area (Å²) in [5.41, 5.74) is 0.643. The van der Waals surface area contributed by atoms with Crippen LogP contribution in [0.5, 0.6) is 0 Å². The lowest BCUT2D eigenvalue weighted by molar-refractivity contribution is -0.119. The number of nitrogens with one attached hydrogen (secondary N) is 1. The van der Waals surface area contributed by atoms with E-state index >= 15 is 0 Å². The van der Waals surface area contributed by atoms with Crippen LogP contribution in [0.4, 0.5) is 14.5 Å². The van der Waals surface area contributed by atoms with Crippen LogP contribution in [-0.4, -0.2) is 32.0 Å². The van der Waals surface area contributed by atoms with E-state index in [2.05, 4.69) is 5.32 Å².